The average molecular weight is 224 g/mol. The van der Waals surface area contributed by atoms with Gasteiger partial charge < -0.3 is 9.84 Å². The predicted molar refractivity (Wildman–Crippen MR) is 54.4 cm³/mol. The quantitative estimate of drug-likeness (QED) is 0.473. The van der Waals surface area contributed by atoms with Gasteiger partial charge in [-0.05, 0) is 6.42 Å². The molecule has 0 bridgehead atoms. The van der Waals surface area contributed by atoms with Gasteiger partial charge >= 0.3 is 11.9 Å². The zero-order valence-electron chi connectivity index (χ0n) is 7.14. The van der Waals surface area contributed by atoms with Crippen molar-refractivity contribution in [2.24, 2.45) is 0 Å². The van der Waals surface area contributed by atoms with Crippen molar-refractivity contribution < 1.29 is 19.4 Å². The van der Waals surface area contributed by atoms with Gasteiger partial charge in [-0.15, -0.1) is 0 Å². The second-order valence-corrected chi connectivity index (χ2v) is 3.51. The fourth-order valence-corrected chi connectivity index (χ4v) is 0.876. The van der Waals surface area contributed by atoms with Crippen molar-refractivity contribution >= 4 is 37.2 Å². The van der Waals surface area contributed by atoms with Crippen LogP contribution in [0.4, 0.5) is 0 Å². The van der Waals surface area contributed by atoms with E-state index in [2.05, 4.69) is 25.3 Å². The molecule has 0 saturated carbocycles. The van der Waals surface area contributed by atoms with E-state index in [9.17, 15) is 9.59 Å². The first-order chi connectivity index (χ1) is 6.00. The Labute approximate surface area is 87.5 Å². The van der Waals surface area contributed by atoms with E-state index < -0.39 is 22.4 Å². The van der Waals surface area contributed by atoms with E-state index >= 15 is 0 Å². The highest BCUT2D eigenvalue weighted by atomic mass is 32.1. The molecule has 0 aromatic carbocycles. The maximum atomic E-state index is 11.0. The Morgan fingerprint density at radius 2 is 1.92 bits per heavy atom. The van der Waals surface area contributed by atoms with Gasteiger partial charge in [-0.25, -0.2) is 0 Å². The number of carbonyl (C=O) groups is 2. The summed E-state index contributed by atoms with van der Waals surface area (Å²) in [6.45, 7) is 2.12. The first kappa shape index (κ1) is 12.6. The first-order valence-corrected chi connectivity index (χ1v) is 4.79. The molecule has 0 fully saturated rings. The molecule has 13 heavy (non-hydrogen) atoms. The summed E-state index contributed by atoms with van der Waals surface area (Å²) in [6.07, 6.45) is 0.691. The molecule has 0 rings (SSSR count). The molecule has 2 atom stereocenters. The molecule has 0 saturated heterocycles. The highest BCUT2D eigenvalue weighted by Crippen LogP contribution is 2.11. The minimum Gasteiger partial charge on any atom is -0.480 e. The molecule has 0 spiro atoms. The molecule has 76 valence electrons. The van der Waals surface area contributed by atoms with E-state index in [0.717, 1.165) is 0 Å². The summed E-state index contributed by atoms with van der Waals surface area (Å²) in [4.78, 5) is 21.4. The van der Waals surface area contributed by atoms with E-state index in [0.29, 0.717) is 6.42 Å². The summed E-state index contributed by atoms with van der Waals surface area (Å²) < 4.78 is 4.70. The van der Waals surface area contributed by atoms with Crippen LogP contribution in [0.2, 0.25) is 0 Å². The summed E-state index contributed by atoms with van der Waals surface area (Å²) >= 11 is 7.50. The van der Waals surface area contributed by atoms with Crippen LogP contribution in [0.5, 0.6) is 0 Å². The molecular weight excluding hydrogens is 212 g/mol. The van der Waals surface area contributed by atoms with Crippen LogP contribution in [0, 0.1) is 0 Å². The van der Waals surface area contributed by atoms with Crippen molar-refractivity contribution in [1.82, 2.24) is 0 Å². The SMILES string of the molecule is CCCOC(=O)[C@@H](S)[C@@H](S)C(=O)O. The Morgan fingerprint density at radius 3 is 2.31 bits per heavy atom. The number of carboxylic acids is 1. The average Bonchev–Trinajstić information content (AvgIpc) is 2.11. The van der Waals surface area contributed by atoms with E-state index in [-0.39, 0.29) is 6.61 Å². The van der Waals surface area contributed by atoms with Gasteiger partial charge in [0.15, 0.2) is 0 Å². The third kappa shape index (κ3) is 4.42. The lowest BCUT2D eigenvalue weighted by Gasteiger charge is -2.12. The standard InChI is InChI=1S/C7H12O4S2/c1-2-3-11-7(10)5(13)4(12)6(8)9/h4-5,12-13H,2-3H2,1H3,(H,8,9)/t4-,5+/m1/s1. The number of esters is 1. The summed E-state index contributed by atoms with van der Waals surface area (Å²) in [5.41, 5.74) is 0. The molecular formula is C7H12O4S2. The van der Waals surface area contributed by atoms with E-state index in [1.807, 2.05) is 6.92 Å². The Hall–Kier alpha value is -0.360. The molecule has 0 aromatic rings. The molecule has 6 heteroatoms. The van der Waals surface area contributed by atoms with Crippen molar-refractivity contribution in [3.8, 4) is 0 Å². The molecule has 0 amide bonds. The number of aliphatic carboxylic acids is 1. The first-order valence-electron chi connectivity index (χ1n) is 3.76. The molecule has 0 aromatic heterocycles. The Morgan fingerprint density at radius 1 is 1.38 bits per heavy atom. The lowest BCUT2D eigenvalue weighted by molar-refractivity contribution is -0.146. The van der Waals surface area contributed by atoms with Crippen LogP contribution in [0.25, 0.3) is 0 Å². The summed E-state index contributed by atoms with van der Waals surface area (Å²) in [7, 11) is 0. The van der Waals surface area contributed by atoms with Gasteiger partial charge in [0.25, 0.3) is 0 Å². The Balaban J connectivity index is 4.01. The topological polar surface area (TPSA) is 63.6 Å². The van der Waals surface area contributed by atoms with Gasteiger partial charge in [-0.1, -0.05) is 6.92 Å². The summed E-state index contributed by atoms with van der Waals surface area (Å²) in [5.74, 6) is -1.83. The predicted octanol–water partition coefficient (Wildman–Crippen LogP) is 0.621. The highest BCUT2D eigenvalue weighted by molar-refractivity contribution is 7.86. The zero-order valence-corrected chi connectivity index (χ0v) is 8.92. The molecule has 0 aliphatic carbocycles. The van der Waals surface area contributed by atoms with Crippen LogP contribution in [-0.4, -0.2) is 34.2 Å². The molecule has 0 aliphatic heterocycles. The van der Waals surface area contributed by atoms with Crippen molar-refractivity contribution in [3.05, 3.63) is 0 Å². The number of rotatable bonds is 5. The fraction of sp³-hybridized carbons (Fsp3) is 0.714. The third-order valence-corrected chi connectivity index (χ3v) is 2.51. The molecule has 0 aliphatic rings. The maximum Gasteiger partial charge on any atom is 0.320 e. The van der Waals surface area contributed by atoms with E-state index in [1.54, 1.807) is 0 Å². The number of hydrogen-bond donors (Lipinski definition) is 3. The number of thiol groups is 2. The normalized spacial score (nSPS) is 14.7. The second kappa shape index (κ2) is 6.15. The Bertz CT molecular complexity index is 195. The van der Waals surface area contributed by atoms with Gasteiger partial charge in [0.05, 0.1) is 6.61 Å². The van der Waals surface area contributed by atoms with Crippen LogP contribution in [-0.2, 0) is 14.3 Å². The number of carbonyl (C=O) groups excluding carboxylic acids is 1. The second-order valence-electron chi connectivity index (χ2n) is 2.40. The zero-order chi connectivity index (χ0) is 10.4. The number of hydrogen-bond acceptors (Lipinski definition) is 5. The Kier molecular flexibility index (Phi) is 5.98. The minimum absolute atomic E-state index is 0.274. The molecule has 4 nitrogen and oxygen atoms in total. The lowest BCUT2D eigenvalue weighted by Crippen LogP contribution is -2.33. The fourth-order valence-electron chi connectivity index (χ4n) is 0.552. The molecule has 0 heterocycles. The van der Waals surface area contributed by atoms with Gasteiger partial charge in [0.1, 0.15) is 10.5 Å². The van der Waals surface area contributed by atoms with Crippen LogP contribution in [0.3, 0.4) is 0 Å². The van der Waals surface area contributed by atoms with Crippen LogP contribution in [0.15, 0.2) is 0 Å². The van der Waals surface area contributed by atoms with Crippen molar-refractivity contribution in [3.63, 3.8) is 0 Å². The van der Waals surface area contributed by atoms with Crippen LogP contribution < -0.4 is 0 Å². The molecule has 1 N–H and O–H groups in total. The van der Waals surface area contributed by atoms with Crippen LogP contribution >= 0.6 is 25.3 Å². The number of carboxylic acid groups (broad SMARTS) is 1. The monoisotopic (exact) mass is 224 g/mol. The highest BCUT2D eigenvalue weighted by Gasteiger charge is 2.28. The van der Waals surface area contributed by atoms with Gasteiger partial charge in [0.2, 0.25) is 0 Å². The third-order valence-electron chi connectivity index (χ3n) is 1.24. The van der Waals surface area contributed by atoms with E-state index in [1.165, 1.54) is 0 Å². The molecule has 0 unspecified atom stereocenters. The largest absolute Gasteiger partial charge is 0.480 e. The van der Waals surface area contributed by atoms with Crippen molar-refractivity contribution in [2.45, 2.75) is 23.8 Å². The van der Waals surface area contributed by atoms with Gasteiger partial charge in [-0.2, -0.15) is 25.3 Å². The molecule has 0 radical (unpaired) electrons. The van der Waals surface area contributed by atoms with Gasteiger partial charge in [0, 0.05) is 0 Å². The van der Waals surface area contributed by atoms with Gasteiger partial charge in [-0.3, -0.25) is 9.59 Å². The van der Waals surface area contributed by atoms with E-state index in [4.69, 9.17) is 9.84 Å². The number of ether oxygens (including phenoxy) is 1. The lowest BCUT2D eigenvalue weighted by atomic mass is 10.3. The summed E-state index contributed by atoms with van der Waals surface area (Å²) in [6, 6.07) is 0. The summed E-state index contributed by atoms with van der Waals surface area (Å²) in [5, 5.41) is 6.34. The minimum atomic E-state index is -1.18. The van der Waals surface area contributed by atoms with Crippen molar-refractivity contribution in [2.75, 3.05) is 6.61 Å². The van der Waals surface area contributed by atoms with Crippen molar-refractivity contribution in [1.29, 1.82) is 0 Å². The smallest absolute Gasteiger partial charge is 0.320 e. The van der Waals surface area contributed by atoms with Crippen LogP contribution in [0.1, 0.15) is 13.3 Å². The maximum absolute atomic E-state index is 11.0.